The van der Waals surface area contributed by atoms with Crippen LogP contribution in [-0.4, -0.2) is 164 Å². The number of aryl methyl sites for hydroxylation is 1. The second-order valence-electron chi connectivity index (χ2n) is 16.1. The van der Waals surface area contributed by atoms with E-state index in [9.17, 15) is 46.8 Å². The van der Waals surface area contributed by atoms with Crippen molar-refractivity contribution in [1.82, 2.24) is 4.31 Å². The van der Waals surface area contributed by atoms with Gasteiger partial charge in [-0.1, -0.05) is 58.6 Å². The number of hydrogen-bond acceptors (Lipinski definition) is 22. The molecule has 0 N–H and O–H groups in total. The largest absolute Gasteiger partial charge is 0.463 e. The van der Waals surface area contributed by atoms with Gasteiger partial charge in [-0.3, -0.25) is 38.4 Å². The molecule has 0 bridgehead atoms. The van der Waals surface area contributed by atoms with E-state index in [4.69, 9.17) is 91.6 Å². The molecule has 3 aliphatic heterocycles. The van der Waals surface area contributed by atoms with E-state index in [1.807, 2.05) is 0 Å². The molecular weight excluding hydrogens is 1020 g/mol. The van der Waals surface area contributed by atoms with Gasteiger partial charge in [-0.05, 0) is 31.1 Å². The fraction of sp³-hybridized carbons (Fsp3) is 0.628. The zero-order valence-electron chi connectivity index (χ0n) is 39.3. The summed E-state index contributed by atoms with van der Waals surface area (Å²) in [6.45, 7) is 7.63. The van der Waals surface area contributed by atoms with Gasteiger partial charge in [0.05, 0.1) is 30.2 Å². The van der Waals surface area contributed by atoms with E-state index in [2.05, 4.69) is 0 Å². The molecule has 390 valence electrons. The molecule has 3 aliphatic rings. The standard InChI is InChI=1S/C43H54Cl3NO22S/c1-20-10-12-31(13-11-20)70(56,57)47-30(17-61-42-40(67-28(9)55)38(65-26(7)53)36(63-24(5)51)33(69-42)19-59-22(3)49)14-29(15-34(47)43(44,45)46)16-60-41-39(66-27(8)54)37(64-25(6)52)35(62-23(4)50)32(68-41)18-58-21(2)48/h10-14,30,32-42H,15-19H2,1-9H3/t30?,32-,33+,34?,35-,36+,37-,38-,39+,40+,41+,42+/m0/s1. The maximum absolute atomic E-state index is 14.8. The van der Waals surface area contributed by atoms with Crippen molar-refractivity contribution in [1.29, 1.82) is 0 Å². The van der Waals surface area contributed by atoms with E-state index in [1.54, 1.807) is 6.92 Å². The van der Waals surface area contributed by atoms with Gasteiger partial charge in [-0.2, -0.15) is 4.31 Å². The minimum absolute atomic E-state index is 0.190. The molecule has 1 aromatic carbocycles. The number of sulfonamides is 1. The van der Waals surface area contributed by atoms with E-state index >= 15 is 0 Å². The Morgan fingerprint density at radius 3 is 1.34 bits per heavy atom. The molecule has 0 saturated carbocycles. The first-order valence-corrected chi connectivity index (χ1v) is 23.9. The van der Waals surface area contributed by atoms with E-state index in [-0.39, 0.29) is 16.9 Å². The monoisotopic (exact) mass is 1070 g/mol. The molecule has 4 rings (SSSR count). The predicted octanol–water partition coefficient (Wildman–Crippen LogP) is 2.62. The number of rotatable bonds is 18. The number of carbonyl (C=O) groups is 8. The number of esters is 8. The van der Waals surface area contributed by atoms with Crippen LogP contribution in [0.1, 0.15) is 67.4 Å². The van der Waals surface area contributed by atoms with Gasteiger partial charge in [0.25, 0.3) is 0 Å². The smallest absolute Gasteiger partial charge is 0.303 e. The van der Waals surface area contributed by atoms with Gasteiger partial charge >= 0.3 is 47.8 Å². The normalized spacial score (nSPS) is 28.2. The Hall–Kier alpha value is -4.66. The highest BCUT2D eigenvalue weighted by atomic mass is 35.6. The van der Waals surface area contributed by atoms with E-state index in [0.29, 0.717) is 5.56 Å². The molecule has 2 fully saturated rings. The number of nitrogens with zero attached hydrogens (tertiary/aromatic N) is 1. The lowest BCUT2D eigenvalue weighted by atomic mass is 9.97. The maximum Gasteiger partial charge on any atom is 0.303 e. The average Bonchev–Trinajstić information content (AvgIpc) is 3.22. The molecular formula is C43H54Cl3NO22S. The Balaban J connectivity index is 1.86. The predicted molar refractivity (Wildman–Crippen MR) is 237 cm³/mol. The second-order valence-corrected chi connectivity index (χ2v) is 20.3. The molecule has 12 atom stereocenters. The summed E-state index contributed by atoms with van der Waals surface area (Å²) in [6, 6.07) is 2.64. The molecule has 0 spiro atoms. The van der Waals surface area contributed by atoms with Gasteiger partial charge in [0.15, 0.2) is 49.2 Å². The van der Waals surface area contributed by atoms with Crippen molar-refractivity contribution in [3.8, 4) is 0 Å². The van der Waals surface area contributed by atoms with Crippen molar-refractivity contribution in [2.75, 3.05) is 26.4 Å². The van der Waals surface area contributed by atoms with Crippen LogP contribution >= 0.6 is 34.8 Å². The Morgan fingerprint density at radius 2 is 0.957 bits per heavy atom. The number of halogens is 3. The summed E-state index contributed by atoms with van der Waals surface area (Å²) < 4.78 is 95.8. The third-order valence-corrected chi connectivity index (χ3v) is 13.0. The average molecular weight is 1080 g/mol. The number of carbonyl (C=O) groups excluding carboxylic acids is 8. The Morgan fingerprint density at radius 1 is 0.571 bits per heavy atom. The van der Waals surface area contributed by atoms with Gasteiger partial charge in [0.2, 0.25) is 13.8 Å². The van der Waals surface area contributed by atoms with Gasteiger partial charge in [-0.15, -0.1) is 0 Å². The first kappa shape index (κ1) is 57.9. The highest BCUT2D eigenvalue weighted by Crippen LogP contribution is 2.43. The van der Waals surface area contributed by atoms with Crippen LogP contribution in [0.3, 0.4) is 0 Å². The van der Waals surface area contributed by atoms with Crippen LogP contribution in [0.15, 0.2) is 40.8 Å². The Kier molecular flexibility index (Phi) is 20.8. The molecule has 70 heavy (non-hydrogen) atoms. The summed E-state index contributed by atoms with van der Waals surface area (Å²) in [5.74, 6) is -6.99. The van der Waals surface area contributed by atoms with Crippen LogP contribution < -0.4 is 0 Å². The molecule has 3 heterocycles. The first-order valence-electron chi connectivity index (χ1n) is 21.3. The molecule has 2 saturated heterocycles. The van der Waals surface area contributed by atoms with Crippen molar-refractivity contribution >= 4 is 92.6 Å². The highest BCUT2D eigenvalue weighted by Gasteiger charge is 2.56. The molecule has 23 nitrogen and oxygen atoms in total. The molecule has 0 radical (unpaired) electrons. The van der Waals surface area contributed by atoms with Crippen LogP contribution in [0.25, 0.3) is 0 Å². The molecule has 1 aromatic rings. The number of benzene rings is 1. The van der Waals surface area contributed by atoms with Crippen molar-refractivity contribution in [3.63, 3.8) is 0 Å². The van der Waals surface area contributed by atoms with Crippen LogP contribution in [0, 0.1) is 6.92 Å². The van der Waals surface area contributed by atoms with Crippen LogP contribution in [0.2, 0.25) is 0 Å². The van der Waals surface area contributed by atoms with E-state index in [1.165, 1.54) is 30.3 Å². The first-order chi connectivity index (χ1) is 32.6. The zero-order chi connectivity index (χ0) is 52.4. The SMILES string of the molecule is CC(=O)OC[C@@H]1O[C@@H](OCC2=CC(CO[C@@H]3O[C@H](COC(C)=O)[C@@H](OC(C)=O)[C@H](OC(C)=O)[C@H]3OC(C)=O)N(S(=O)(=O)c3ccc(C)cc3)C(C(Cl)(Cl)Cl)C2)[C@H](OC(C)=O)[C@@H](OC(C)=O)[C@H]1OC(C)=O. The second kappa shape index (κ2) is 25.1. The fourth-order valence-corrected chi connectivity index (χ4v) is 10.2. The third kappa shape index (κ3) is 16.2. The van der Waals surface area contributed by atoms with Gasteiger partial charge in [0, 0.05) is 55.4 Å². The summed E-state index contributed by atoms with van der Waals surface area (Å²) >= 11 is 19.8. The fourth-order valence-electron chi connectivity index (χ4n) is 7.68. The van der Waals surface area contributed by atoms with E-state index in [0.717, 1.165) is 59.7 Å². The zero-order valence-corrected chi connectivity index (χ0v) is 42.4. The van der Waals surface area contributed by atoms with Crippen LogP contribution in [0.5, 0.6) is 0 Å². The van der Waals surface area contributed by atoms with Gasteiger partial charge < -0.3 is 56.8 Å². The molecule has 0 aliphatic carbocycles. The Bertz CT molecular complexity index is 2240. The topological polar surface area (TPSA) is 285 Å². The van der Waals surface area contributed by atoms with Crippen LogP contribution in [-0.2, 0) is 105 Å². The van der Waals surface area contributed by atoms with Crippen molar-refractivity contribution < 1.29 is 104 Å². The summed E-state index contributed by atoms with van der Waals surface area (Å²) in [5.41, 5.74) is 0.898. The minimum atomic E-state index is -4.67. The van der Waals surface area contributed by atoms with Gasteiger partial charge in [0.1, 0.15) is 25.4 Å². The lowest BCUT2D eigenvalue weighted by Crippen LogP contribution is -2.63. The third-order valence-electron chi connectivity index (χ3n) is 10.3. The van der Waals surface area contributed by atoms with Crippen molar-refractivity contribution in [3.05, 3.63) is 41.5 Å². The summed E-state index contributed by atoms with van der Waals surface area (Å²) in [4.78, 5) is 98.2. The van der Waals surface area contributed by atoms with Crippen molar-refractivity contribution in [2.45, 2.75) is 151 Å². The number of hydrogen-bond donors (Lipinski definition) is 0. The van der Waals surface area contributed by atoms with Crippen molar-refractivity contribution in [2.24, 2.45) is 0 Å². The number of ether oxygens (including phenoxy) is 12. The highest BCUT2D eigenvalue weighted by molar-refractivity contribution is 7.89. The molecule has 2 unspecified atom stereocenters. The van der Waals surface area contributed by atoms with E-state index < -0.39 is 161 Å². The van der Waals surface area contributed by atoms with Crippen LogP contribution in [0.4, 0.5) is 0 Å². The quantitative estimate of drug-likeness (QED) is 0.0884. The maximum atomic E-state index is 14.8. The van der Waals surface area contributed by atoms with Gasteiger partial charge in [-0.25, -0.2) is 8.42 Å². The number of alkyl halides is 3. The lowest BCUT2D eigenvalue weighted by molar-refractivity contribution is -0.309. The Labute approximate surface area is 417 Å². The summed E-state index contributed by atoms with van der Waals surface area (Å²) in [5, 5.41) is 0. The molecule has 0 aromatic heterocycles. The molecule has 27 heteroatoms. The summed E-state index contributed by atoms with van der Waals surface area (Å²) in [7, 11) is -4.67. The lowest BCUT2D eigenvalue weighted by Gasteiger charge is -2.46. The molecule has 0 amide bonds. The summed E-state index contributed by atoms with van der Waals surface area (Å²) in [6.07, 6.45) is -15.0. The minimum Gasteiger partial charge on any atom is -0.463 e.